The minimum Gasteiger partial charge on any atom is -0.461 e. The molecule has 2 rings (SSSR count). The highest BCUT2D eigenvalue weighted by Crippen LogP contribution is 2.25. The number of rotatable bonds is 3. The van der Waals surface area contributed by atoms with Crippen molar-refractivity contribution in [3.05, 3.63) is 35.6 Å². The minimum atomic E-state index is -0.825. The minimum absolute atomic E-state index is 0.324. The van der Waals surface area contributed by atoms with Crippen LogP contribution < -0.4 is 5.32 Å². The fourth-order valence-corrected chi connectivity index (χ4v) is 3.30. The summed E-state index contributed by atoms with van der Waals surface area (Å²) in [6, 6.07) is 5.24. The van der Waals surface area contributed by atoms with Crippen molar-refractivity contribution in [3.63, 3.8) is 0 Å². The lowest BCUT2D eigenvalue weighted by molar-refractivity contribution is -0.154. The summed E-state index contributed by atoms with van der Waals surface area (Å²) in [4.78, 5) is 24.6. The molecule has 0 aliphatic carbocycles. The number of benzene rings is 1. The molecule has 1 aliphatic rings. The van der Waals surface area contributed by atoms with Crippen molar-refractivity contribution in [2.24, 2.45) is 5.92 Å². The Labute approximate surface area is 165 Å². The van der Waals surface area contributed by atoms with Gasteiger partial charge in [-0.15, -0.1) is 0 Å². The number of alkyl carbamates (subject to hydrolysis) is 1. The van der Waals surface area contributed by atoms with Crippen LogP contribution in [0.1, 0.15) is 52.5 Å². The van der Waals surface area contributed by atoms with Gasteiger partial charge in [0.1, 0.15) is 23.6 Å². The van der Waals surface area contributed by atoms with Crippen LogP contribution in [0.15, 0.2) is 24.3 Å². The Morgan fingerprint density at radius 1 is 1.29 bits per heavy atom. The van der Waals surface area contributed by atoms with E-state index in [2.05, 4.69) is 5.32 Å². The quantitative estimate of drug-likeness (QED) is 0.767. The van der Waals surface area contributed by atoms with Crippen molar-refractivity contribution in [2.75, 3.05) is 0 Å². The van der Waals surface area contributed by atoms with E-state index in [9.17, 15) is 19.1 Å². The third-order valence-electron chi connectivity index (χ3n) is 4.75. The molecule has 4 atom stereocenters. The zero-order valence-corrected chi connectivity index (χ0v) is 16.9. The maximum absolute atomic E-state index is 13.1. The molecule has 156 valence electrons. The number of carbonyl (C=O) groups excluding carboxylic acids is 2. The van der Waals surface area contributed by atoms with Crippen LogP contribution in [0.4, 0.5) is 9.18 Å². The van der Waals surface area contributed by atoms with Gasteiger partial charge in [0, 0.05) is 5.92 Å². The number of carbonyl (C=O) groups is 2. The topological polar surface area (TPSA) is 84.9 Å². The van der Waals surface area contributed by atoms with Gasteiger partial charge in [-0.1, -0.05) is 12.1 Å². The molecule has 1 fully saturated rings. The summed E-state index contributed by atoms with van der Waals surface area (Å²) in [5, 5.41) is 13.2. The molecule has 0 saturated carbocycles. The summed E-state index contributed by atoms with van der Waals surface area (Å²) in [5.41, 5.74) is 0.187. The van der Waals surface area contributed by atoms with Gasteiger partial charge in [0.05, 0.1) is 6.10 Å². The van der Waals surface area contributed by atoms with E-state index in [1.807, 2.05) is 0 Å². The van der Waals surface area contributed by atoms with Gasteiger partial charge in [0.2, 0.25) is 0 Å². The van der Waals surface area contributed by atoms with Crippen molar-refractivity contribution in [1.29, 1.82) is 0 Å². The zero-order chi connectivity index (χ0) is 20.9. The summed E-state index contributed by atoms with van der Waals surface area (Å²) >= 11 is 0. The summed E-state index contributed by atoms with van der Waals surface area (Å²) in [7, 11) is 0. The monoisotopic (exact) mass is 395 g/mol. The average Bonchev–Trinajstić information content (AvgIpc) is 2.61. The molecule has 0 spiro atoms. The second-order valence-electron chi connectivity index (χ2n) is 8.33. The molecule has 1 amide bonds. The number of nitrogens with one attached hydrogen (secondary N) is 1. The van der Waals surface area contributed by atoms with Crippen molar-refractivity contribution in [2.45, 2.75) is 77.2 Å². The average molecular weight is 395 g/mol. The van der Waals surface area contributed by atoms with Crippen LogP contribution in [0.2, 0.25) is 0 Å². The number of hydrogen-bond acceptors (Lipinski definition) is 5. The van der Waals surface area contributed by atoms with E-state index in [-0.39, 0.29) is 11.7 Å². The Balaban J connectivity index is 2.06. The molecule has 7 heteroatoms. The van der Waals surface area contributed by atoms with Gasteiger partial charge in [-0.2, -0.15) is 0 Å². The molecular formula is C21H30FNO5. The number of cyclic esters (lactones) is 1. The lowest BCUT2D eigenvalue weighted by Crippen LogP contribution is -2.45. The Kier molecular flexibility index (Phi) is 7.41. The predicted molar refractivity (Wildman–Crippen MR) is 102 cm³/mol. The first kappa shape index (κ1) is 22.1. The van der Waals surface area contributed by atoms with Crippen molar-refractivity contribution < 1.29 is 28.6 Å². The summed E-state index contributed by atoms with van der Waals surface area (Å²) in [6.07, 6.45) is -0.0834. The van der Waals surface area contributed by atoms with Crippen LogP contribution in [-0.4, -0.2) is 41.0 Å². The first-order valence-electron chi connectivity index (χ1n) is 9.67. The summed E-state index contributed by atoms with van der Waals surface area (Å²) in [5.74, 6) is -1.19. The second-order valence-corrected chi connectivity index (χ2v) is 8.33. The van der Waals surface area contributed by atoms with Gasteiger partial charge in [-0.05, 0) is 71.1 Å². The molecule has 0 bridgehead atoms. The van der Waals surface area contributed by atoms with Gasteiger partial charge in [0.15, 0.2) is 0 Å². The highest BCUT2D eigenvalue weighted by molar-refractivity contribution is 5.81. The number of esters is 1. The standard InChI is InChI=1S/C21H30FNO5/c1-13-16(12-14-8-10-15(22)11-9-14)18(24)7-5-6-17(19(25)27-13)23-20(26)28-21(2,3)4/h8-11,13,16-18,24H,5-7,12H2,1-4H3,(H,23,26)/t13-,16-,17?,18-/m0/s1. The third-order valence-corrected chi connectivity index (χ3v) is 4.75. The van der Waals surface area contributed by atoms with E-state index in [4.69, 9.17) is 9.47 Å². The molecule has 6 nitrogen and oxygen atoms in total. The molecule has 0 radical (unpaired) electrons. The smallest absolute Gasteiger partial charge is 0.408 e. The van der Waals surface area contributed by atoms with Gasteiger partial charge >= 0.3 is 12.1 Å². The van der Waals surface area contributed by atoms with Crippen LogP contribution in [0.3, 0.4) is 0 Å². The van der Waals surface area contributed by atoms with E-state index in [1.165, 1.54) is 12.1 Å². The van der Waals surface area contributed by atoms with Crippen molar-refractivity contribution in [3.8, 4) is 0 Å². The number of aliphatic hydroxyl groups is 1. The molecule has 1 aliphatic heterocycles. The van der Waals surface area contributed by atoms with Gasteiger partial charge in [-0.3, -0.25) is 0 Å². The Morgan fingerprint density at radius 2 is 1.93 bits per heavy atom. The van der Waals surface area contributed by atoms with Crippen LogP contribution in [0.5, 0.6) is 0 Å². The van der Waals surface area contributed by atoms with Crippen LogP contribution in [0, 0.1) is 11.7 Å². The molecule has 2 N–H and O–H groups in total. The highest BCUT2D eigenvalue weighted by Gasteiger charge is 2.34. The predicted octanol–water partition coefficient (Wildman–Crippen LogP) is 3.35. The number of amides is 1. The van der Waals surface area contributed by atoms with E-state index in [0.717, 1.165) is 5.56 Å². The summed E-state index contributed by atoms with van der Waals surface area (Å²) in [6.45, 7) is 6.96. The van der Waals surface area contributed by atoms with Crippen molar-refractivity contribution in [1.82, 2.24) is 5.32 Å². The van der Waals surface area contributed by atoms with E-state index < -0.39 is 35.9 Å². The normalized spacial score (nSPS) is 26.4. The number of aliphatic hydroxyl groups excluding tert-OH is 1. The molecule has 1 saturated heterocycles. The number of halogens is 1. The molecule has 1 aromatic carbocycles. The van der Waals surface area contributed by atoms with E-state index >= 15 is 0 Å². The Morgan fingerprint density at radius 3 is 2.54 bits per heavy atom. The fraction of sp³-hybridized carbons (Fsp3) is 0.619. The molecular weight excluding hydrogens is 365 g/mol. The van der Waals surface area contributed by atoms with Crippen LogP contribution >= 0.6 is 0 Å². The maximum atomic E-state index is 13.1. The second kappa shape index (κ2) is 9.37. The van der Waals surface area contributed by atoms with Gasteiger partial charge < -0.3 is 19.9 Å². The Hall–Kier alpha value is -2.15. The lowest BCUT2D eigenvalue weighted by Gasteiger charge is -2.28. The van der Waals surface area contributed by atoms with Gasteiger partial charge in [0.25, 0.3) is 0 Å². The van der Waals surface area contributed by atoms with Gasteiger partial charge in [-0.25, -0.2) is 14.0 Å². The fourth-order valence-electron chi connectivity index (χ4n) is 3.30. The third kappa shape index (κ3) is 6.78. The molecule has 1 aromatic rings. The van der Waals surface area contributed by atoms with Crippen LogP contribution in [0.25, 0.3) is 0 Å². The first-order chi connectivity index (χ1) is 13.0. The number of hydrogen-bond donors (Lipinski definition) is 2. The van der Waals surface area contributed by atoms with Crippen LogP contribution in [-0.2, 0) is 20.7 Å². The number of ether oxygens (including phenoxy) is 2. The largest absolute Gasteiger partial charge is 0.461 e. The lowest BCUT2D eigenvalue weighted by atomic mass is 9.87. The summed E-state index contributed by atoms with van der Waals surface area (Å²) < 4.78 is 23.9. The molecule has 28 heavy (non-hydrogen) atoms. The first-order valence-corrected chi connectivity index (χ1v) is 9.67. The van der Waals surface area contributed by atoms with E-state index in [1.54, 1.807) is 39.8 Å². The zero-order valence-electron chi connectivity index (χ0n) is 16.9. The van der Waals surface area contributed by atoms with E-state index in [0.29, 0.717) is 25.7 Å². The molecule has 1 unspecified atom stereocenters. The SMILES string of the molecule is C[C@@H]1OC(=O)C(NC(=O)OC(C)(C)C)CCC[C@H](O)[C@H]1Cc1ccc(F)cc1. The Bertz CT molecular complexity index is 670. The highest BCUT2D eigenvalue weighted by atomic mass is 19.1. The maximum Gasteiger partial charge on any atom is 0.408 e. The molecule has 1 heterocycles. The van der Waals surface area contributed by atoms with Crippen molar-refractivity contribution >= 4 is 12.1 Å². The molecule has 0 aromatic heterocycles.